The van der Waals surface area contributed by atoms with Gasteiger partial charge in [-0.1, -0.05) is 40.9 Å². The second-order valence-corrected chi connectivity index (χ2v) is 7.98. The molecule has 0 bridgehead atoms. The molecule has 0 aliphatic rings. The predicted octanol–water partition coefficient (Wildman–Crippen LogP) is 6.68. The number of nitrogens with one attached hydrogen (secondary N) is 1. The van der Waals surface area contributed by atoms with E-state index in [0.717, 1.165) is 23.5 Å². The van der Waals surface area contributed by atoms with Crippen LogP contribution < -0.4 is 5.32 Å². The van der Waals surface area contributed by atoms with E-state index in [1.807, 2.05) is 0 Å². The SMILES string of the molecule is O=C(COC(=O)c1sc2cc(Cl)ccc2c1Cl)Nc1cc(C(F)(F)F)ccc1Cl. The smallest absolute Gasteiger partial charge is 0.416 e. The van der Waals surface area contributed by atoms with Gasteiger partial charge >= 0.3 is 12.1 Å². The van der Waals surface area contributed by atoms with Crippen LogP contribution in [0.2, 0.25) is 15.1 Å². The molecular weight excluding hydrogens is 474 g/mol. The van der Waals surface area contributed by atoms with Crippen LogP contribution in [-0.4, -0.2) is 18.5 Å². The van der Waals surface area contributed by atoms with Crippen molar-refractivity contribution >= 4 is 73.8 Å². The molecule has 1 N–H and O–H groups in total. The monoisotopic (exact) mass is 481 g/mol. The first-order valence-electron chi connectivity index (χ1n) is 7.77. The number of hydrogen-bond donors (Lipinski definition) is 1. The van der Waals surface area contributed by atoms with Crippen molar-refractivity contribution in [1.82, 2.24) is 0 Å². The van der Waals surface area contributed by atoms with E-state index in [2.05, 4.69) is 5.32 Å². The van der Waals surface area contributed by atoms with Crippen LogP contribution in [0.5, 0.6) is 0 Å². The predicted molar refractivity (Wildman–Crippen MR) is 107 cm³/mol. The first-order chi connectivity index (χ1) is 13.6. The molecule has 0 fully saturated rings. The summed E-state index contributed by atoms with van der Waals surface area (Å²) in [4.78, 5) is 24.3. The molecule has 0 radical (unpaired) electrons. The van der Waals surface area contributed by atoms with E-state index in [4.69, 9.17) is 39.5 Å². The van der Waals surface area contributed by atoms with Crippen LogP contribution in [-0.2, 0) is 15.7 Å². The Morgan fingerprint density at radius 1 is 1.07 bits per heavy atom. The Kier molecular flexibility index (Phi) is 6.28. The lowest BCUT2D eigenvalue weighted by atomic mass is 10.2. The van der Waals surface area contributed by atoms with Crippen molar-refractivity contribution in [3.63, 3.8) is 0 Å². The van der Waals surface area contributed by atoms with E-state index in [9.17, 15) is 22.8 Å². The van der Waals surface area contributed by atoms with Gasteiger partial charge in [0, 0.05) is 15.1 Å². The molecule has 0 atom stereocenters. The number of anilines is 1. The number of amides is 1. The van der Waals surface area contributed by atoms with E-state index in [1.165, 1.54) is 0 Å². The largest absolute Gasteiger partial charge is 0.451 e. The van der Waals surface area contributed by atoms with E-state index in [-0.39, 0.29) is 20.6 Å². The molecule has 152 valence electrons. The lowest BCUT2D eigenvalue weighted by Crippen LogP contribution is -2.21. The topological polar surface area (TPSA) is 55.4 Å². The average Bonchev–Trinajstić information content (AvgIpc) is 2.96. The molecule has 1 amide bonds. The van der Waals surface area contributed by atoms with Gasteiger partial charge in [-0.2, -0.15) is 13.2 Å². The summed E-state index contributed by atoms with van der Waals surface area (Å²) in [6.07, 6.45) is -4.60. The summed E-state index contributed by atoms with van der Waals surface area (Å²) >= 11 is 18.9. The number of halogens is 6. The van der Waals surface area contributed by atoms with Crippen molar-refractivity contribution in [2.45, 2.75) is 6.18 Å². The van der Waals surface area contributed by atoms with E-state index < -0.39 is 30.2 Å². The Morgan fingerprint density at radius 3 is 2.48 bits per heavy atom. The van der Waals surface area contributed by atoms with Gasteiger partial charge in [-0.15, -0.1) is 11.3 Å². The van der Waals surface area contributed by atoms with Gasteiger partial charge in [0.2, 0.25) is 0 Å². The zero-order chi connectivity index (χ0) is 21.3. The highest BCUT2D eigenvalue weighted by atomic mass is 35.5. The Labute approximate surface area is 181 Å². The van der Waals surface area contributed by atoms with Crippen LogP contribution >= 0.6 is 46.1 Å². The van der Waals surface area contributed by atoms with Crippen molar-refractivity contribution in [2.75, 3.05) is 11.9 Å². The highest BCUT2D eigenvalue weighted by Crippen LogP contribution is 2.37. The second-order valence-electron chi connectivity index (χ2n) is 5.70. The molecule has 11 heteroatoms. The van der Waals surface area contributed by atoms with Crippen LogP contribution in [0.25, 0.3) is 10.1 Å². The molecular formula is C18H9Cl3F3NO3S. The summed E-state index contributed by atoms with van der Waals surface area (Å²) in [6.45, 7) is -0.739. The van der Waals surface area contributed by atoms with Crippen molar-refractivity contribution in [2.24, 2.45) is 0 Å². The third-order valence-electron chi connectivity index (χ3n) is 3.68. The summed E-state index contributed by atoms with van der Waals surface area (Å²) in [5, 5.41) is 3.32. The number of thiophene rings is 1. The molecule has 3 aromatic rings. The first kappa shape index (κ1) is 21.7. The third kappa shape index (κ3) is 4.95. The number of benzene rings is 2. The molecule has 0 saturated heterocycles. The number of fused-ring (bicyclic) bond motifs is 1. The molecule has 0 aliphatic carbocycles. The molecule has 0 saturated carbocycles. The van der Waals surface area contributed by atoms with Crippen molar-refractivity contribution in [1.29, 1.82) is 0 Å². The van der Waals surface area contributed by atoms with Crippen molar-refractivity contribution < 1.29 is 27.5 Å². The fourth-order valence-electron chi connectivity index (χ4n) is 2.35. The molecule has 3 rings (SSSR count). The lowest BCUT2D eigenvalue weighted by Gasteiger charge is -2.11. The molecule has 29 heavy (non-hydrogen) atoms. The highest BCUT2D eigenvalue weighted by Gasteiger charge is 2.31. The van der Waals surface area contributed by atoms with Gasteiger partial charge < -0.3 is 10.1 Å². The molecule has 0 spiro atoms. The van der Waals surface area contributed by atoms with Crippen LogP contribution in [0, 0.1) is 0 Å². The molecule has 4 nitrogen and oxygen atoms in total. The zero-order valence-corrected chi connectivity index (χ0v) is 17.2. The number of rotatable bonds is 4. The minimum atomic E-state index is -4.60. The summed E-state index contributed by atoms with van der Waals surface area (Å²) in [5.74, 6) is -1.71. The fourth-order valence-corrected chi connectivity index (χ4v) is 4.19. The number of esters is 1. The van der Waals surface area contributed by atoms with Crippen molar-refractivity contribution in [3.05, 3.63) is 61.9 Å². The number of ether oxygens (including phenoxy) is 1. The normalized spacial score (nSPS) is 11.5. The minimum absolute atomic E-state index is 0.0776. The van der Waals surface area contributed by atoms with Crippen LogP contribution in [0.15, 0.2) is 36.4 Å². The minimum Gasteiger partial charge on any atom is -0.451 e. The summed E-state index contributed by atoms with van der Waals surface area (Å²) in [7, 11) is 0. The molecule has 1 aromatic heterocycles. The zero-order valence-electron chi connectivity index (χ0n) is 14.1. The van der Waals surface area contributed by atoms with Gasteiger partial charge in [-0.25, -0.2) is 4.79 Å². The van der Waals surface area contributed by atoms with E-state index in [1.54, 1.807) is 18.2 Å². The molecule has 0 aliphatic heterocycles. The van der Waals surface area contributed by atoms with Gasteiger partial charge in [0.15, 0.2) is 6.61 Å². The lowest BCUT2D eigenvalue weighted by molar-refractivity contribution is -0.137. The highest BCUT2D eigenvalue weighted by molar-refractivity contribution is 7.21. The number of alkyl halides is 3. The number of hydrogen-bond acceptors (Lipinski definition) is 4. The van der Waals surface area contributed by atoms with Crippen LogP contribution in [0.3, 0.4) is 0 Å². The number of carbonyl (C=O) groups excluding carboxylic acids is 2. The quantitative estimate of drug-likeness (QED) is 0.422. The van der Waals surface area contributed by atoms with Gasteiger partial charge in [0.05, 0.1) is 21.3 Å². The first-order valence-corrected chi connectivity index (χ1v) is 9.72. The maximum Gasteiger partial charge on any atom is 0.416 e. The molecule has 0 unspecified atom stereocenters. The molecule has 1 heterocycles. The summed E-state index contributed by atoms with van der Waals surface area (Å²) in [6, 6.07) is 7.38. The maximum atomic E-state index is 12.8. The van der Waals surface area contributed by atoms with E-state index >= 15 is 0 Å². The fraction of sp³-hybridized carbons (Fsp3) is 0.111. The van der Waals surface area contributed by atoms with Gasteiger partial charge in [-0.05, 0) is 30.3 Å². The maximum absolute atomic E-state index is 12.8. The third-order valence-corrected chi connectivity index (χ3v) is 5.88. The van der Waals surface area contributed by atoms with Gasteiger partial charge in [-0.3, -0.25) is 4.79 Å². The number of carbonyl (C=O) groups is 2. The Balaban J connectivity index is 1.68. The molecule has 2 aromatic carbocycles. The Bertz CT molecular complexity index is 1110. The van der Waals surface area contributed by atoms with E-state index in [0.29, 0.717) is 21.2 Å². The summed E-state index contributed by atoms with van der Waals surface area (Å²) < 4.78 is 43.9. The van der Waals surface area contributed by atoms with Crippen molar-refractivity contribution in [3.8, 4) is 0 Å². The van der Waals surface area contributed by atoms with Crippen LogP contribution in [0.1, 0.15) is 15.2 Å². The van der Waals surface area contributed by atoms with Gasteiger partial charge in [0.1, 0.15) is 4.88 Å². The van der Waals surface area contributed by atoms with Crippen LogP contribution in [0.4, 0.5) is 18.9 Å². The average molecular weight is 483 g/mol. The standard InChI is InChI=1S/C18H9Cl3F3NO3S/c19-9-2-3-10-13(6-9)29-16(15(10)21)17(27)28-7-14(26)25-12-5-8(18(22,23)24)1-4-11(12)20/h1-6H,7H2,(H,25,26). The van der Waals surface area contributed by atoms with Gasteiger partial charge in [0.25, 0.3) is 5.91 Å². The second kappa shape index (κ2) is 8.39. The Hall–Kier alpha value is -2.00. The Morgan fingerprint density at radius 2 is 1.79 bits per heavy atom. The summed E-state index contributed by atoms with van der Waals surface area (Å²) in [5.41, 5.74) is -1.23.